The number of pyridine rings is 1. The molecule has 2 aromatic heterocycles. The third kappa shape index (κ3) is 2.88. The Hall–Kier alpha value is -1.99. The Morgan fingerprint density at radius 1 is 1.47 bits per heavy atom. The maximum atomic E-state index is 12.0. The second kappa shape index (κ2) is 5.77. The first-order chi connectivity index (χ1) is 9.13. The standard InChI is InChI=1S/C12H17N5O2/c1-13-6-8-15(2)9-11(18)17-12(19)16-7-4-3-5-10(16)14-17/h3-5,7,13H,6,8-9H2,1-2H3. The zero-order valence-electron chi connectivity index (χ0n) is 11.0. The highest BCUT2D eigenvalue weighted by atomic mass is 16.2. The molecule has 1 N–H and O–H groups in total. The van der Waals surface area contributed by atoms with Crippen molar-refractivity contribution in [2.45, 2.75) is 0 Å². The molecule has 0 amide bonds. The van der Waals surface area contributed by atoms with E-state index >= 15 is 0 Å². The van der Waals surface area contributed by atoms with Crippen LogP contribution in [0.2, 0.25) is 0 Å². The number of carbonyl (C=O) groups is 1. The van der Waals surface area contributed by atoms with Crippen LogP contribution in [0.4, 0.5) is 0 Å². The molecule has 0 aromatic carbocycles. The minimum Gasteiger partial charge on any atom is -0.318 e. The average Bonchev–Trinajstić information content (AvgIpc) is 2.74. The largest absolute Gasteiger partial charge is 0.357 e. The Morgan fingerprint density at radius 3 is 2.95 bits per heavy atom. The third-order valence-corrected chi connectivity index (χ3v) is 2.81. The second-order valence-electron chi connectivity index (χ2n) is 4.36. The second-order valence-corrected chi connectivity index (χ2v) is 4.36. The van der Waals surface area contributed by atoms with Crippen molar-refractivity contribution in [3.63, 3.8) is 0 Å². The summed E-state index contributed by atoms with van der Waals surface area (Å²) in [5, 5.41) is 7.02. The van der Waals surface area contributed by atoms with E-state index < -0.39 is 5.69 Å². The number of hydrogen-bond donors (Lipinski definition) is 1. The molecule has 2 aromatic rings. The topological polar surface area (TPSA) is 71.6 Å². The van der Waals surface area contributed by atoms with Crippen molar-refractivity contribution in [2.24, 2.45) is 0 Å². The summed E-state index contributed by atoms with van der Waals surface area (Å²) in [6.45, 7) is 1.67. The lowest BCUT2D eigenvalue weighted by atomic mass is 10.5. The average molecular weight is 263 g/mol. The number of nitrogens with one attached hydrogen (secondary N) is 1. The SMILES string of the molecule is CNCCN(C)CC(=O)n1nc2ccccn2c1=O. The van der Waals surface area contributed by atoms with E-state index in [1.54, 1.807) is 24.4 Å². The molecule has 0 radical (unpaired) electrons. The number of hydrogen-bond acceptors (Lipinski definition) is 5. The Labute approximate surface area is 110 Å². The number of fused-ring (bicyclic) bond motifs is 1. The molecule has 7 nitrogen and oxygen atoms in total. The summed E-state index contributed by atoms with van der Waals surface area (Å²) >= 11 is 0. The van der Waals surface area contributed by atoms with Crippen LogP contribution in [-0.2, 0) is 0 Å². The fourth-order valence-electron chi connectivity index (χ4n) is 1.77. The summed E-state index contributed by atoms with van der Waals surface area (Å²) in [5.74, 6) is -0.327. The summed E-state index contributed by atoms with van der Waals surface area (Å²) in [6.07, 6.45) is 1.60. The van der Waals surface area contributed by atoms with Gasteiger partial charge in [0.05, 0.1) is 6.54 Å². The van der Waals surface area contributed by atoms with Crippen molar-refractivity contribution >= 4 is 11.6 Å². The first kappa shape index (κ1) is 13.4. The van der Waals surface area contributed by atoms with Crippen LogP contribution in [0.25, 0.3) is 5.65 Å². The predicted molar refractivity (Wildman–Crippen MR) is 71.5 cm³/mol. The van der Waals surface area contributed by atoms with E-state index in [4.69, 9.17) is 0 Å². The van der Waals surface area contributed by atoms with Crippen molar-refractivity contribution in [3.8, 4) is 0 Å². The number of rotatable bonds is 5. The van der Waals surface area contributed by atoms with Crippen molar-refractivity contribution in [3.05, 3.63) is 34.9 Å². The molecular weight excluding hydrogens is 246 g/mol. The van der Waals surface area contributed by atoms with Crippen LogP contribution in [0.15, 0.2) is 29.2 Å². The molecule has 0 atom stereocenters. The highest BCUT2D eigenvalue weighted by molar-refractivity contribution is 5.80. The molecule has 0 aliphatic carbocycles. The zero-order valence-corrected chi connectivity index (χ0v) is 11.0. The number of aromatic nitrogens is 3. The van der Waals surface area contributed by atoms with Gasteiger partial charge >= 0.3 is 5.69 Å². The van der Waals surface area contributed by atoms with E-state index in [-0.39, 0.29) is 12.5 Å². The summed E-state index contributed by atoms with van der Waals surface area (Å²) in [6, 6.07) is 5.19. The molecule has 2 rings (SSSR count). The van der Waals surface area contributed by atoms with Gasteiger partial charge in [0, 0.05) is 19.3 Å². The highest BCUT2D eigenvalue weighted by Gasteiger charge is 2.15. The predicted octanol–water partition coefficient (Wildman–Crippen LogP) is -0.713. The van der Waals surface area contributed by atoms with Crippen LogP contribution in [0, 0.1) is 0 Å². The van der Waals surface area contributed by atoms with Crippen molar-refractivity contribution < 1.29 is 4.79 Å². The fraction of sp³-hybridized carbons (Fsp3) is 0.417. The van der Waals surface area contributed by atoms with Crippen LogP contribution < -0.4 is 11.0 Å². The van der Waals surface area contributed by atoms with Gasteiger partial charge in [-0.3, -0.25) is 9.69 Å². The van der Waals surface area contributed by atoms with E-state index in [9.17, 15) is 9.59 Å². The highest BCUT2D eigenvalue weighted by Crippen LogP contribution is 1.95. The maximum Gasteiger partial charge on any atom is 0.357 e. The Balaban J connectivity index is 2.18. The van der Waals surface area contributed by atoms with Gasteiger partial charge in [-0.25, -0.2) is 9.20 Å². The summed E-state index contributed by atoms with van der Waals surface area (Å²) < 4.78 is 2.27. The molecule has 0 unspecified atom stereocenters. The summed E-state index contributed by atoms with van der Waals surface area (Å²) in [4.78, 5) is 25.9. The molecule has 7 heteroatoms. The summed E-state index contributed by atoms with van der Waals surface area (Å²) in [7, 11) is 3.68. The molecule has 0 saturated carbocycles. The normalized spacial score (nSPS) is 11.3. The van der Waals surface area contributed by atoms with Gasteiger partial charge in [-0.05, 0) is 26.2 Å². The lowest BCUT2D eigenvalue weighted by molar-refractivity contribution is 0.0844. The van der Waals surface area contributed by atoms with Crippen molar-refractivity contribution in [1.82, 2.24) is 24.4 Å². The molecule has 102 valence electrons. The first-order valence-corrected chi connectivity index (χ1v) is 6.06. The molecule has 0 aliphatic rings. The maximum absolute atomic E-state index is 12.0. The Bertz CT molecular complexity index is 630. The fourth-order valence-corrected chi connectivity index (χ4v) is 1.77. The third-order valence-electron chi connectivity index (χ3n) is 2.81. The van der Waals surface area contributed by atoms with Crippen LogP contribution >= 0.6 is 0 Å². The van der Waals surface area contributed by atoms with E-state index in [0.717, 1.165) is 17.8 Å². The number of carbonyl (C=O) groups excluding carboxylic acids is 1. The summed E-state index contributed by atoms with van der Waals surface area (Å²) in [5.41, 5.74) is 0.0429. The first-order valence-electron chi connectivity index (χ1n) is 6.06. The molecule has 0 saturated heterocycles. The lowest BCUT2D eigenvalue weighted by Gasteiger charge is -2.14. The zero-order chi connectivity index (χ0) is 13.8. The van der Waals surface area contributed by atoms with Crippen LogP contribution in [0.5, 0.6) is 0 Å². The molecule has 0 spiro atoms. The Kier molecular flexibility index (Phi) is 4.08. The van der Waals surface area contributed by atoms with Gasteiger partial charge in [-0.2, -0.15) is 0 Å². The van der Waals surface area contributed by atoms with Crippen LogP contribution in [-0.4, -0.2) is 58.7 Å². The minimum atomic E-state index is -0.428. The van der Waals surface area contributed by atoms with Crippen LogP contribution in [0.1, 0.15) is 4.79 Å². The molecule has 19 heavy (non-hydrogen) atoms. The van der Waals surface area contributed by atoms with Crippen molar-refractivity contribution in [2.75, 3.05) is 33.7 Å². The lowest BCUT2D eigenvalue weighted by Crippen LogP contribution is -2.38. The van der Waals surface area contributed by atoms with E-state index in [0.29, 0.717) is 5.65 Å². The van der Waals surface area contributed by atoms with Gasteiger partial charge in [-0.15, -0.1) is 9.78 Å². The van der Waals surface area contributed by atoms with E-state index in [1.165, 1.54) is 4.40 Å². The smallest absolute Gasteiger partial charge is 0.318 e. The molecule has 2 heterocycles. The van der Waals surface area contributed by atoms with Gasteiger partial charge in [0.2, 0.25) is 0 Å². The van der Waals surface area contributed by atoms with E-state index in [1.807, 2.05) is 19.0 Å². The monoisotopic (exact) mass is 263 g/mol. The van der Waals surface area contributed by atoms with Gasteiger partial charge in [0.15, 0.2) is 5.65 Å². The van der Waals surface area contributed by atoms with Gasteiger partial charge < -0.3 is 5.32 Å². The minimum absolute atomic E-state index is 0.158. The molecule has 0 aliphatic heterocycles. The Morgan fingerprint density at radius 2 is 2.26 bits per heavy atom. The van der Waals surface area contributed by atoms with Gasteiger partial charge in [0.1, 0.15) is 0 Å². The van der Waals surface area contributed by atoms with E-state index in [2.05, 4.69) is 10.4 Å². The molecule has 0 fully saturated rings. The molecular formula is C12H17N5O2. The van der Waals surface area contributed by atoms with Gasteiger partial charge in [-0.1, -0.05) is 6.07 Å². The van der Waals surface area contributed by atoms with Gasteiger partial charge in [0.25, 0.3) is 5.91 Å². The van der Waals surface area contributed by atoms with Crippen molar-refractivity contribution in [1.29, 1.82) is 0 Å². The molecule has 0 bridgehead atoms. The quantitative estimate of drug-likeness (QED) is 0.771. The number of nitrogens with zero attached hydrogens (tertiary/aromatic N) is 4. The number of likely N-dealkylation sites (N-methyl/N-ethyl adjacent to an activating group) is 2. The van der Waals surface area contributed by atoms with Crippen LogP contribution in [0.3, 0.4) is 0 Å².